The maximum absolute atomic E-state index is 12.7. The zero-order chi connectivity index (χ0) is 60.1. The molecule has 2 bridgehead atoms. The van der Waals surface area contributed by atoms with Crippen LogP contribution in [0.3, 0.4) is 0 Å². The summed E-state index contributed by atoms with van der Waals surface area (Å²) in [5.41, 5.74) is -1.55. The molecule has 1 spiro atoms. The Morgan fingerprint density at radius 3 is 1.77 bits per heavy atom. The fraction of sp³-hybridized carbons (Fsp3) is 1.00. The molecule has 14 N–H and O–H groups in total. The Morgan fingerprint density at radius 1 is 0.470 bits per heavy atom. The molecule has 11 rings (SSSR count). The van der Waals surface area contributed by atoms with Gasteiger partial charge in [-0.1, -0.05) is 48.5 Å². The molecule has 83 heavy (non-hydrogen) atoms. The molecule has 478 valence electrons. The maximum Gasteiger partial charge on any atom is 0.187 e. The Labute approximate surface area is 484 Å². The smallest absolute Gasteiger partial charge is 0.187 e. The molecule has 11 aliphatic rings. The van der Waals surface area contributed by atoms with Crippen LogP contribution in [0.2, 0.25) is 0 Å². The van der Waals surface area contributed by atoms with E-state index >= 15 is 0 Å². The summed E-state index contributed by atoms with van der Waals surface area (Å²) in [4.78, 5) is 0. The summed E-state index contributed by atoms with van der Waals surface area (Å²) in [6.45, 7) is 15.8. The molecule has 0 aromatic heterocycles. The summed E-state index contributed by atoms with van der Waals surface area (Å²) in [6.07, 6.45) is -31.5. The Hall–Kier alpha value is -1.00. The number of ether oxygens (including phenoxy) is 11. The van der Waals surface area contributed by atoms with Crippen LogP contribution in [0.15, 0.2) is 0 Å². The summed E-state index contributed by atoms with van der Waals surface area (Å²) >= 11 is 0. The van der Waals surface area contributed by atoms with E-state index in [1.807, 2.05) is 0 Å². The molecule has 0 aromatic carbocycles. The van der Waals surface area contributed by atoms with Crippen molar-refractivity contribution in [3.63, 3.8) is 0 Å². The van der Waals surface area contributed by atoms with Crippen molar-refractivity contribution in [3.05, 3.63) is 0 Å². The van der Waals surface area contributed by atoms with Crippen LogP contribution in [0.4, 0.5) is 0 Å². The minimum atomic E-state index is -1.93. The van der Waals surface area contributed by atoms with Gasteiger partial charge in [-0.2, -0.15) is 0 Å². The molecule has 0 amide bonds. The Balaban J connectivity index is 0.866. The van der Waals surface area contributed by atoms with Crippen molar-refractivity contribution < 1.29 is 124 Å². The van der Waals surface area contributed by atoms with E-state index in [2.05, 4.69) is 48.5 Å². The van der Waals surface area contributed by atoms with Gasteiger partial charge >= 0.3 is 0 Å². The lowest BCUT2D eigenvalue weighted by Gasteiger charge is -2.75. The number of fused-ring (bicyclic) bond motifs is 4. The minimum Gasteiger partial charge on any atom is -0.394 e. The number of rotatable bonds is 12. The highest BCUT2D eigenvalue weighted by Crippen LogP contribution is 2.80. The van der Waals surface area contributed by atoms with Gasteiger partial charge in [0.25, 0.3) is 0 Å². The van der Waals surface area contributed by atoms with Crippen LogP contribution in [0.5, 0.6) is 0 Å². The molecule has 5 saturated carbocycles. The quantitative estimate of drug-likeness (QED) is 0.0921. The predicted octanol–water partition coefficient (Wildman–Crippen LogP) is -2.22. The van der Waals surface area contributed by atoms with E-state index < -0.39 is 185 Å². The second kappa shape index (κ2) is 22.7. The lowest BCUT2D eigenvalue weighted by atomic mass is 9.30. The van der Waals surface area contributed by atoms with Gasteiger partial charge in [-0.25, -0.2) is 0 Å². The van der Waals surface area contributed by atoms with Gasteiger partial charge in [-0.3, -0.25) is 0 Å². The van der Waals surface area contributed by atoms with Gasteiger partial charge in [0.1, 0.15) is 104 Å². The van der Waals surface area contributed by atoms with Gasteiger partial charge in [0.2, 0.25) is 0 Å². The first-order chi connectivity index (χ1) is 38.9. The number of hydrogen-bond acceptors (Lipinski definition) is 25. The third-order valence-corrected chi connectivity index (χ3v) is 23.9. The molecule has 33 atom stereocenters. The van der Waals surface area contributed by atoms with Gasteiger partial charge in [-0.15, -0.1) is 0 Å². The monoisotopic (exact) mass is 1190 g/mol. The molecule has 6 saturated heterocycles. The molecule has 6 heterocycles. The fourth-order valence-electron chi connectivity index (χ4n) is 18.8. The van der Waals surface area contributed by atoms with Crippen molar-refractivity contribution in [2.24, 2.45) is 50.2 Å². The zero-order valence-electron chi connectivity index (χ0n) is 49.0. The Kier molecular flexibility index (Phi) is 17.4. The topological polar surface area (TPSA) is 385 Å². The lowest BCUT2D eigenvalue weighted by Crippen LogP contribution is -2.74. The van der Waals surface area contributed by atoms with E-state index in [0.29, 0.717) is 19.4 Å². The highest BCUT2D eigenvalue weighted by atomic mass is 16.8. The van der Waals surface area contributed by atoms with E-state index in [1.54, 1.807) is 0 Å². The third-order valence-electron chi connectivity index (χ3n) is 23.9. The second-order valence-electron chi connectivity index (χ2n) is 29.0. The van der Waals surface area contributed by atoms with Crippen LogP contribution < -0.4 is 0 Å². The average Bonchev–Trinajstić information content (AvgIpc) is 1.79. The summed E-state index contributed by atoms with van der Waals surface area (Å²) in [5, 5.41) is 155. The van der Waals surface area contributed by atoms with Crippen LogP contribution in [0.1, 0.15) is 120 Å². The minimum absolute atomic E-state index is 0.127. The fourth-order valence-corrected chi connectivity index (χ4v) is 18.8. The normalized spacial score (nSPS) is 57.6. The van der Waals surface area contributed by atoms with E-state index in [-0.39, 0.29) is 50.4 Å². The van der Waals surface area contributed by atoms with Gasteiger partial charge in [0.05, 0.1) is 56.9 Å². The number of aliphatic hydroxyl groups excluding tert-OH is 14. The summed E-state index contributed by atoms with van der Waals surface area (Å²) < 4.78 is 69.1. The van der Waals surface area contributed by atoms with Gasteiger partial charge in [0, 0.05) is 10.8 Å². The summed E-state index contributed by atoms with van der Waals surface area (Å²) in [7, 11) is 0. The van der Waals surface area contributed by atoms with E-state index in [1.165, 1.54) is 6.92 Å². The molecule has 25 heteroatoms. The molecule has 6 aliphatic heterocycles. The first-order valence-electron chi connectivity index (χ1n) is 30.4. The van der Waals surface area contributed by atoms with E-state index in [9.17, 15) is 71.5 Å². The molecule has 0 aromatic rings. The first kappa shape index (κ1) is 63.6. The van der Waals surface area contributed by atoms with E-state index in [0.717, 1.165) is 51.4 Å². The average molecular weight is 1190 g/mol. The molecule has 25 nitrogen and oxygen atoms in total. The summed E-state index contributed by atoms with van der Waals surface area (Å²) in [6, 6.07) is 0. The predicted molar refractivity (Wildman–Crippen MR) is 281 cm³/mol. The highest BCUT2D eigenvalue weighted by Gasteiger charge is 2.80. The molecule has 2 unspecified atom stereocenters. The summed E-state index contributed by atoms with van der Waals surface area (Å²) in [5.74, 6) is 0.690. The number of aliphatic hydroxyl groups is 14. The van der Waals surface area contributed by atoms with E-state index in [4.69, 9.17) is 52.1 Å². The van der Waals surface area contributed by atoms with Crippen molar-refractivity contribution >= 4 is 0 Å². The van der Waals surface area contributed by atoms with Crippen LogP contribution in [0.25, 0.3) is 0 Å². The number of hydrogen-bond donors (Lipinski definition) is 14. The van der Waals surface area contributed by atoms with Crippen molar-refractivity contribution in [2.75, 3.05) is 33.0 Å². The maximum atomic E-state index is 12.7. The van der Waals surface area contributed by atoms with Crippen LogP contribution in [-0.2, 0) is 52.1 Å². The molecule has 5 aliphatic carbocycles. The second-order valence-corrected chi connectivity index (χ2v) is 29.0. The molecule has 0 radical (unpaired) electrons. The van der Waals surface area contributed by atoms with Gasteiger partial charge in [-0.05, 0) is 111 Å². The molecular formula is C58H96O25. The largest absolute Gasteiger partial charge is 0.394 e. The Morgan fingerprint density at radius 2 is 1.07 bits per heavy atom. The van der Waals surface area contributed by atoms with Crippen molar-refractivity contribution in [3.8, 4) is 0 Å². The lowest BCUT2D eigenvalue weighted by molar-refractivity contribution is -0.404. The third kappa shape index (κ3) is 9.99. The van der Waals surface area contributed by atoms with Crippen LogP contribution in [0, 0.1) is 50.2 Å². The highest BCUT2D eigenvalue weighted by molar-refractivity contribution is 5.28. The van der Waals surface area contributed by atoms with Crippen LogP contribution >= 0.6 is 0 Å². The van der Waals surface area contributed by atoms with Crippen molar-refractivity contribution in [1.29, 1.82) is 0 Å². The van der Waals surface area contributed by atoms with Crippen molar-refractivity contribution in [1.82, 2.24) is 0 Å². The molecular weight excluding hydrogens is 1100 g/mol. The Bertz CT molecular complexity index is 2270. The standard InChI is InChI=1S/C58H96O25/c1-24-34(63)39(68)42(71)48(76-24)81-44-37(66)27(20-60)78-51(46(44)83-47-41(70)35(64)25(61)21-73-47)79-28-22-74-50(45(38(28)67)82-49-43(72)40(69)36(65)26(19-59)77-49)80-33-11-12-54(6)29(53(33,4)5)9-13-55(7)30(54)10-14-58-31-17-52(2,3)15-16-57(31,23-75-58)32(62)18-56(55,58)8/h24-51,59-72H,9-23H2,1-8H3/t24-,25+,26+,27+,28-,29?,30?,31+,32+,33-,34-,35-,36+,37+,38-,39+,40-,41+,42+,43+,44-,45+,46+,47-,48-,49-,50-,51-,54-,55+,56-,57+,58-/m0/s1. The van der Waals surface area contributed by atoms with Gasteiger partial charge < -0.3 is 124 Å². The zero-order valence-corrected chi connectivity index (χ0v) is 49.0. The SMILES string of the molecule is C[C@@H]1O[C@@H](O[C@H]2[C@H](O)[C@@H](CO)O[C@@H](O[C@H]3CO[C@@H](O[C@H]4CC[C@@]5(C)C(CC[C@]6(C)C5CC[C@]57OC[C@@]8(CCC(C)(C)C[C@H]85)[C@H](O)C[C@]76C)C4(C)C)[C@H](O[C@@H]4O[C@H](CO)[C@@H](O)[C@H](O)[C@H]4O)[C@H]3O)[C@@H]2O[C@@H]2OC[C@@H](O)[C@H](O)[C@H]2O)[C@H](O)[C@H](O)[C@H]1O. The molecule has 11 fully saturated rings. The van der Waals surface area contributed by atoms with Gasteiger partial charge in [0.15, 0.2) is 31.5 Å². The first-order valence-corrected chi connectivity index (χ1v) is 30.4. The van der Waals surface area contributed by atoms with Crippen LogP contribution in [-0.4, -0.2) is 264 Å². The van der Waals surface area contributed by atoms with Crippen molar-refractivity contribution in [2.45, 2.75) is 279 Å².